The molecule has 0 aliphatic carbocycles. The Morgan fingerprint density at radius 3 is 2.37 bits per heavy atom. The van der Waals surface area contributed by atoms with Crippen molar-refractivity contribution in [2.45, 2.75) is 47.0 Å². The summed E-state index contributed by atoms with van der Waals surface area (Å²) in [4.78, 5) is 22.3. The Morgan fingerprint density at radius 1 is 1.05 bits per heavy atom. The molecule has 0 aliphatic rings. The molecule has 0 saturated carbocycles. The van der Waals surface area contributed by atoms with E-state index in [1.54, 1.807) is 0 Å². The molecule has 0 fully saturated rings. The molecule has 0 atom stereocenters. The van der Waals surface area contributed by atoms with Gasteiger partial charge in [-0.15, -0.1) is 0 Å². The van der Waals surface area contributed by atoms with Gasteiger partial charge in [-0.25, -0.2) is 0 Å². The molecule has 19 heavy (non-hydrogen) atoms. The first-order valence-electron chi connectivity index (χ1n) is 6.73. The molecule has 0 aliphatic heterocycles. The zero-order valence-corrected chi connectivity index (χ0v) is 12.3. The van der Waals surface area contributed by atoms with Crippen LogP contribution < -0.4 is 5.32 Å². The molecule has 104 valence electrons. The maximum absolute atomic E-state index is 11.5. The topological polar surface area (TPSA) is 46.2 Å². The van der Waals surface area contributed by atoms with E-state index >= 15 is 0 Å². The molecule has 0 unspecified atom stereocenters. The van der Waals surface area contributed by atoms with Gasteiger partial charge in [0, 0.05) is 19.4 Å². The molecule has 0 bridgehead atoms. The monoisotopic (exact) mass is 261 g/mol. The number of rotatable bonds is 6. The molecule has 1 aromatic carbocycles. The van der Waals surface area contributed by atoms with Crippen LogP contribution in [-0.4, -0.2) is 18.2 Å². The van der Waals surface area contributed by atoms with Crippen molar-refractivity contribution in [3.05, 3.63) is 34.4 Å². The second-order valence-electron chi connectivity index (χ2n) is 5.09. The fourth-order valence-electron chi connectivity index (χ4n) is 2.00. The Balaban J connectivity index is 2.43. The largest absolute Gasteiger partial charge is 0.356 e. The third-order valence-electron chi connectivity index (χ3n) is 3.59. The lowest BCUT2D eigenvalue weighted by atomic mass is 9.97. The number of ketones is 1. The van der Waals surface area contributed by atoms with Crippen LogP contribution in [0, 0.1) is 20.8 Å². The van der Waals surface area contributed by atoms with Gasteiger partial charge in [0.25, 0.3) is 0 Å². The van der Waals surface area contributed by atoms with Crippen LogP contribution >= 0.6 is 0 Å². The van der Waals surface area contributed by atoms with E-state index in [9.17, 15) is 9.59 Å². The molecule has 0 heterocycles. The highest BCUT2D eigenvalue weighted by molar-refractivity contribution is 5.83. The van der Waals surface area contributed by atoms with Gasteiger partial charge in [-0.3, -0.25) is 4.79 Å². The third kappa shape index (κ3) is 4.86. The highest BCUT2D eigenvalue weighted by Crippen LogP contribution is 2.17. The molecule has 0 aromatic heterocycles. The third-order valence-corrected chi connectivity index (χ3v) is 3.59. The molecule has 0 saturated heterocycles. The summed E-state index contributed by atoms with van der Waals surface area (Å²) in [5.41, 5.74) is 5.19. The number of carbonyl (C=O) groups is 2. The number of aryl methyl sites for hydroxylation is 1. The summed E-state index contributed by atoms with van der Waals surface area (Å²) < 4.78 is 0. The van der Waals surface area contributed by atoms with Crippen molar-refractivity contribution in [3.63, 3.8) is 0 Å². The molecule has 1 amide bonds. The van der Waals surface area contributed by atoms with Crippen molar-refractivity contribution in [1.29, 1.82) is 0 Å². The minimum Gasteiger partial charge on any atom is -0.356 e. The Hall–Kier alpha value is -1.64. The Bertz CT molecular complexity index is 478. The molecule has 1 N–H and O–H groups in total. The number of carbonyl (C=O) groups excluding carboxylic acids is 2. The van der Waals surface area contributed by atoms with Gasteiger partial charge in [0.15, 0.2) is 0 Å². The quantitative estimate of drug-likeness (QED) is 0.855. The van der Waals surface area contributed by atoms with Crippen LogP contribution in [0.15, 0.2) is 12.1 Å². The van der Waals surface area contributed by atoms with E-state index in [1.807, 2.05) is 0 Å². The molecular formula is C16H23NO2. The van der Waals surface area contributed by atoms with Gasteiger partial charge in [-0.2, -0.15) is 0 Å². The van der Waals surface area contributed by atoms with E-state index < -0.39 is 0 Å². The lowest BCUT2D eigenvalue weighted by Crippen LogP contribution is -2.26. The maximum Gasteiger partial charge on any atom is 0.220 e. The summed E-state index contributed by atoms with van der Waals surface area (Å²) in [5.74, 6) is 0.0110. The molecular weight excluding hydrogens is 238 g/mol. The van der Waals surface area contributed by atoms with Crippen LogP contribution in [0.4, 0.5) is 0 Å². The fraction of sp³-hybridized carbons (Fsp3) is 0.500. The predicted molar refractivity (Wildman–Crippen MR) is 77.3 cm³/mol. The molecule has 1 aromatic rings. The second-order valence-corrected chi connectivity index (χ2v) is 5.09. The number of nitrogens with one attached hydrogen (secondary N) is 1. The lowest BCUT2D eigenvalue weighted by Gasteiger charge is -2.11. The van der Waals surface area contributed by atoms with Crippen LogP contribution in [0.5, 0.6) is 0 Å². The zero-order valence-electron chi connectivity index (χ0n) is 12.3. The van der Waals surface area contributed by atoms with Crippen LogP contribution in [0.2, 0.25) is 0 Å². The van der Waals surface area contributed by atoms with Crippen LogP contribution in [0.1, 0.15) is 42.0 Å². The molecule has 1 rings (SSSR count). The summed E-state index contributed by atoms with van der Waals surface area (Å²) in [6.45, 7) is 8.48. The van der Waals surface area contributed by atoms with E-state index in [-0.39, 0.29) is 11.7 Å². The van der Waals surface area contributed by atoms with E-state index in [4.69, 9.17) is 0 Å². The van der Waals surface area contributed by atoms with Gasteiger partial charge in [0.05, 0.1) is 0 Å². The summed E-state index contributed by atoms with van der Waals surface area (Å²) >= 11 is 0. The normalized spacial score (nSPS) is 10.3. The molecule has 3 nitrogen and oxygen atoms in total. The summed E-state index contributed by atoms with van der Waals surface area (Å²) in [7, 11) is 0. The average Bonchev–Trinajstić information content (AvgIpc) is 2.36. The minimum atomic E-state index is -0.0447. The zero-order chi connectivity index (χ0) is 14.4. The SMILES string of the molecule is CC(=O)CCC(=O)NCCc1ccc(C)c(C)c1C. The fourth-order valence-corrected chi connectivity index (χ4v) is 2.00. The Kier molecular flexibility index (Phi) is 5.74. The van der Waals surface area contributed by atoms with Gasteiger partial charge < -0.3 is 10.1 Å². The lowest BCUT2D eigenvalue weighted by molar-refractivity contribution is -0.124. The van der Waals surface area contributed by atoms with Crippen LogP contribution in [0.25, 0.3) is 0 Å². The van der Waals surface area contributed by atoms with Gasteiger partial charge in [0.2, 0.25) is 5.91 Å². The first-order valence-corrected chi connectivity index (χ1v) is 6.73. The van der Waals surface area contributed by atoms with E-state index in [1.165, 1.54) is 29.2 Å². The standard InChI is InChI=1S/C16H23NO2/c1-11-5-7-15(14(4)13(11)3)9-10-17-16(19)8-6-12(2)18/h5,7H,6,8-10H2,1-4H3,(H,17,19). The van der Waals surface area contributed by atoms with Crippen LogP contribution in [0.3, 0.4) is 0 Å². The van der Waals surface area contributed by atoms with Gasteiger partial charge in [-0.05, 0) is 56.4 Å². The van der Waals surface area contributed by atoms with E-state index in [2.05, 4.69) is 38.2 Å². The average molecular weight is 261 g/mol. The number of hydrogen-bond donors (Lipinski definition) is 1. The van der Waals surface area contributed by atoms with Crippen molar-refractivity contribution in [1.82, 2.24) is 5.32 Å². The first-order chi connectivity index (χ1) is 8.91. The van der Waals surface area contributed by atoms with Crippen molar-refractivity contribution < 1.29 is 9.59 Å². The van der Waals surface area contributed by atoms with Crippen LogP contribution in [-0.2, 0) is 16.0 Å². The number of hydrogen-bond acceptors (Lipinski definition) is 2. The van der Waals surface area contributed by atoms with Gasteiger partial charge >= 0.3 is 0 Å². The molecule has 0 spiro atoms. The smallest absolute Gasteiger partial charge is 0.220 e. The Morgan fingerprint density at radius 2 is 1.74 bits per heavy atom. The summed E-state index contributed by atoms with van der Waals surface area (Å²) in [6.07, 6.45) is 1.45. The minimum absolute atomic E-state index is 0.0447. The highest BCUT2D eigenvalue weighted by atomic mass is 16.2. The molecule has 0 radical (unpaired) electrons. The van der Waals surface area contributed by atoms with E-state index in [0.717, 1.165) is 6.42 Å². The van der Waals surface area contributed by atoms with Crippen molar-refractivity contribution in [3.8, 4) is 0 Å². The van der Waals surface area contributed by atoms with E-state index in [0.29, 0.717) is 19.4 Å². The second kappa shape index (κ2) is 7.07. The van der Waals surface area contributed by atoms with Gasteiger partial charge in [0.1, 0.15) is 5.78 Å². The number of amides is 1. The number of benzene rings is 1. The first kappa shape index (κ1) is 15.4. The van der Waals surface area contributed by atoms with Crippen molar-refractivity contribution in [2.75, 3.05) is 6.54 Å². The Labute approximate surface area is 115 Å². The van der Waals surface area contributed by atoms with Crippen molar-refractivity contribution >= 4 is 11.7 Å². The van der Waals surface area contributed by atoms with Gasteiger partial charge in [-0.1, -0.05) is 12.1 Å². The van der Waals surface area contributed by atoms with Crippen molar-refractivity contribution in [2.24, 2.45) is 0 Å². The predicted octanol–water partition coefficient (Wildman–Crippen LogP) is 2.64. The molecule has 3 heteroatoms. The summed E-state index contributed by atoms with van der Waals surface area (Å²) in [6, 6.07) is 4.24. The highest BCUT2D eigenvalue weighted by Gasteiger charge is 2.06. The number of Topliss-reactive ketones (excluding diaryl/α,β-unsaturated/α-hetero) is 1. The summed E-state index contributed by atoms with van der Waals surface area (Å²) in [5, 5.41) is 2.86. The maximum atomic E-state index is 11.5.